The van der Waals surface area contributed by atoms with E-state index in [1.54, 1.807) is 17.5 Å². The van der Waals surface area contributed by atoms with Gasteiger partial charge in [0.25, 0.3) is 0 Å². The summed E-state index contributed by atoms with van der Waals surface area (Å²) in [5.74, 6) is 0. The summed E-state index contributed by atoms with van der Waals surface area (Å²) >= 11 is 1.18. The van der Waals surface area contributed by atoms with Crippen LogP contribution >= 0.6 is 11.3 Å². The van der Waals surface area contributed by atoms with Crippen LogP contribution in [-0.2, 0) is 10.0 Å². The molecule has 3 heterocycles. The highest BCUT2D eigenvalue weighted by Gasteiger charge is 2.24. The van der Waals surface area contributed by atoms with E-state index in [9.17, 15) is 18.6 Å². The lowest BCUT2D eigenvalue weighted by Crippen LogP contribution is -2.46. The van der Waals surface area contributed by atoms with Gasteiger partial charge >= 0.3 is 0 Å². The summed E-state index contributed by atoms with van der Waals surface area (Å²) in [7, 11) is -3.48. The summed E-state index contributed by atoms with van der Waals surface area (Å²) in [6.45, 7) is 8.25. The lowest BCUT2D eigenvalue weighted by atomic mass is 9.99. The van der Waals surface area contributed by atoms with Crippen molar-refractivity contribution in [2.24, 2.45) is 5.73 Å². The third-order valence-electron chi connectivity index (χ3n) is 6.87. The molecule has 0 unspecified atom stereocenters. The molecule has 0 radical (unpaired) electrons. The number of piperidine rings is 2. The van der Waals surface area contributed by atoms with Crippen molar-refractivity contribution in [2.75, 3.05) is 39.3 Å². The number of sulfonamides is 1. The zero-order valence-electron chi connectivity index (χ0n) is 20.9. The largest absolute Gasteiger partial charge is 0.390 e. The molecule has 4 atom stereocenters. The third-order valence-corrected chi connectivity index (χ3v) is 9.69. The maximum atomic E-state index is 12.0. The minimum atomic E-state index is -3.48. The van der Waals surface area contributed by atoms with Gasteiger partial charge in [-0.2, -0.15) is 0 Å². The Hall–Kier alpha value is -0.590. The maximum Gasteiger partial charge on any atom is 0.250 e. The maximum absolute atomic E-state index is 12.0. The summed E-state index contributed by atoms with van der Waals surface area (Å²) in [4.78, 5) is 4.68. The van der Waals surface area contributed by atoms with Gasteiger partial charge in [0.15, 0.2) is 0 Å². The van der Waals surface area contributed by atoms with E-state index < -0.39 is 16.1 Å². The van der Waals surface area contributed by atoms with Crippen LogP contribution in [0.3, 0.4) is 0 Å². The minimum absolute atomic E-state index is 0.0627. The quantitative estimate of drug-likeness (QED) is 0.355. The van der Waals surface area contributed by atoms with Crippen molar-refractivity contribution in [3.63, 3.8) is 0 Å². The van der Waals surface area contributed by atoms with Crippen LogP contribution in [0.1, 0.15) is 65.2 Å². The number of aliphatic hydroxyl groups is 2. The van der Waals surface area contributed by atoms with Gasteiger partial charge in [-0.15, -0.1) is 11.3 Å². The average molecular weight is 519 g/mol. The number of aliphatic hydroxyl groups excluding tert-OH is 2. The Labute approximate surface area is 210 Å². The fourth-order valence-electron chi connectivity index (χ4n) is 4.90. The van der Waals surface area contributed by atoms with Crippen molar-refractivity contribution < 1.29 is 18.6 Å². The fourth-order valence-corrected chi connectivity index (χ4v) is 7.01. The zero-order valence-corrected chi connectivity index (χ0v) is 22.6. The number of nitrogens with two attached hydrogens (primary N) is 1. The van der Waals surface area contributed by atoms with Crippen molar-refractivity contribution in [1.82, 2.24) is 14.5 Å². The standard InChI is InChI=1S/C14H24N2O3S2.C10H22N2O/c1-2-12-6-3-4-8-16(12)11-13(17)10-15-21(18,19)14-7-5-9-20-14;1-2-9-5-3-4-6-12(9)8-10(13)7-11/h5,7,9,12-13,15,17H,2-4,6,8,10-11H2,1H3;9-10,13H,2-8,11H2,1H3/t12-,13-;9-,10-/m00/s1. The van der Waals surface area contributed by atoms with Crippen LogP contribution in [0, 0.1) is 0 Å². The SMILES string of the molecule is CC[C@H]1CCCCN1C[C@@H](O)CN.CC[C@H]1CCCCN1C[C@@H](O)CNS(=O)(=O)c1cccs1. The molecule has 2 aliphatic heterocycles. The Kier molecular flexibility index (Phi) is 13.5. The molecule has 3 rings (SSSR count). The smallest absolute Gasteiger partial charge is 0.250 e. The molecule has 2 aliphatic rings. The monoisotopic (exact) mass is 518 g/mol. The van der Waals surface area contributed by atoms with Gasteiger partial charge < -0.3 is 15.9 Å². The second-order valence-corrected chi connectivity index (χ2v) is 12.4. The Morgan fingerprint density at radius 1 is 1.03 bits per heavy atom. The third kappa shape index (κ3) is 9.81. The van der Waals surface area contributed by atoms with Gasteiger partial charge in [-0.25, -0.2) is 13.1 Å². The summed E-state index contributed by atoms with van der Waals surface area (Å²) in [5, 5.41) is 21.3. The van der Waals surface area contributed by atoms with Gasteiger partial charge in [-0.1, -0.05) is 32.8 Å². The van der Waals surface area contributed by atoms with E-state index in [-0.39, 0.29) is 12.6 Å². The van der Waals surface area contributed by atoms with Crippen LogP contribution in [0.2, 0.25) is 0 Å². The number of rotatable bonds is 11. The number of nitrogens with one attached hydrogen (secondary N) is 1. The molecule has 8 nitrogen and oxygen atoms in total. The zero-order chi connectivity index (χ0) is 25.0. The van der Waals surface area contributed by atoms with E-state index in [4.69, 9.17) is 5.73 Å². The van der Waals surface area contributed by atoms with Crippen LogP contribution in [0.5, 0.6) is 0 Å². The normalized spacial score (nSPS) is 24.3. The molecule has 0 aliphatic carbocycles. The summed E-state index contributed by atoms with van der Waals surface area (Å²) in [5.41, 5.74) is 5.40. The molecule has 0 saturated carbocycles. The summed E-state index contributed by atoms with van der Waals surface area (Å²) < 4.78 is 26.8. The Morgan fingerprint density at radius 2 is 1.59 bits per heavy atom. The second kappa shape index (κ2) is 15.5. The molecule has 0 aromatic carbocycles. The molecule has 1 aromatic rings. The summed E-state index contributed by atoms with van der Waals surface area (Å²) in [6.07, 6.45) is 8.73. The van der Waals surface area contributed by atoms with Crippen molar-refractivity contribution in [3.05, 3.63) is 17.5 Å². The molecule has 10 heteroatoms. The van der Waals surface area contributed by atoms with E-state index in [0.717, 1.165) is 32.5 Å². The van der Waals surface area contributed by atoms with Crippen LogP contribution < -0.4 is 10.5 Å². The first-order valence-electron chi connectivity index (χ1n) is 12.9. The fraction of sp³-hybridized carbons (Fsp3) is 0.833. The average Bonchev–Trinajstić information content (AvgIpc) is 3.40. The van der Waals surface area contributed by atoms with Gasteiger partial charge in [-0.3, -0.25) is 9.80 Å². The minimum Gasteiger partial charge on any atom is -0.390 e. The molecule has 0 bridgehead atoms. The van der Waals surface area contributed by atoms with E-state index in [2.05, 4.69) is 28.4 Å². The van der Waals surface area contributed by atoms with Gasteiger partial charge in [0.1, 0.15) is 4.21 Å². The number of hydrogen-bond donors (Lipinski definition) is 4. The number of thiophene rings is 1. The molecular weight excluding hydrogens is 472 g/mol. The van der Waals surface area contributed by atoms with E-state index in [1.807, 2.05) is 0 Å². The van der Waals surface area contributed by atoms with Gasteiger partial charge in [0.05, 0.1) is 12.2 Å². The molecule has 2 saturated heterocycles. The van der Waals surface area contributed by atoms with Crippen molar-refractivity contribution in [1.29, 1.82) is 0 Å². The first kappa shape index (κ1) is 29.6. The van der Waals surface area contributed by atoms with Crippen LogP contribution in [0.25, 0.3) is 0 Å². The van der Waals surface area contributed by atoms with Crippen molar-refractivity contribution in [2.45, 2.75) is 93.7 Å². The lowest BCUT2D eigenvalue weighted by Gasteiger charge is -2.36. The first-order chi connectivity index (χ1) is 16.3. The van der Waals surface area contributed by atoms with Crippen LogP contribution in [-0.4, -0.2) is 92.0 Å². The highest BCUT2D eigenvalue weighted by atomic mass is 32.2. The number of β-amino-alcohol motifs (C(OH)–C–C–N with tert-alkyl or cyclic N) is 2. The van der Waals surface area contributed by atoms with Crippen LogP contribution in [0.4, 0.5) is 0 Å². The number of nitrogens with zero attached hydrogens (tertiary/aromatic N) is 2. The molecule has 2 fully saturated rings. The molecule has 34 heavy (non-hydrogen) atoms. The summed E-state index contributed by atoms with van der Waals surface area (Å²) in [6, 6.07) is 4.46. The molecule has 198 valence electrons. The molecule has 5 N–H and O–H groups in total. The molecular formula is C24H46N4O4S2. The second-order valence-electron chi connectivity index (χ2n) is 9.43. The Bertz CT molecular complexity index is 763. The van der Waals surface area contributed by atoms with Gasteiger partial charge in [-0.05, 0) is 63.1 Å². The van der Waals surface area contributed by atoms with Crippen molar-refractivity contribution >= 4 is 21.4 Å². The molecule has 1 aromatic heterocycles. The Morgan fingerprint density at radius 3 is 2.06 bits per heavy atom. The van der Waals surface area contributed by atoms with E-state index >= 15 is 0 Å². The Balaban J connectivity index is 0.000000270. The molecule has 0 spiro atoms. The predicted molar refractivity (Wildman–Crippen MR) is 140 cm³/mol. The van der Waals surface area contributed by atoms with Gasteiger partial charge in [0.2, 0.25) is 10.0 Å². The van der Waals surface area contributed by atoms with Crippen molar-refractivity contribution in [3.8, 4) is 0 Å². The predicted octanol–water partition coefficient (Wildman–Crippen LogP) is 2.22. The number of likely N-dealkylation sites (tertiary alicyclic amines) is 2. The highest BCUT2D eigenvalue weighted by molar-refractivity contribution is 7.91. The lowest BCUT2D eigenvalue weighted by molar-refractivity contribution is 0.0683. The topological polar surface area (TPSA) is 119 Å². The van der Waals surface area contributed by atoms with E-state index in [0.29, 0.717) is 29.4 Å². The van der Waals surface area contributed by atoms with E-state index in [1.165, 1.54) is 49.9 Å². The first-order valence-corrected chi connectivity index (χ1v) is 15.2. The van der Waals surface area contributed by atoms with Crippen LogP contribution in [0.15, 0.2) is 21.7 Å². The number of hydrogen-bond acceptors (Lipinski definition) is 8. The van der Waals surface area contributed by atoms with Gasteiger partial charge in [0, 0.05) is 38.3 Å². The molecule has 0 amide bonds. The highest BCUT2D eigenvalue weighted by Crippen LogP contribution is 2.20.